The first-order chi connectivity index (χ1) is 13.5. The number of halogens is 3. The minimum Gasteiger partial charge on any atom is -0.449 e. The maximum Gasteiger partial charge on any atom is 0.573 e. The zero-order chi connectivity index (χ0) is 21.8. The van der Waals surface area contributed by atoms with E-state index in [1.807, 2.05) is 39.0 Å². The number of hydrogen-bond acceptors (Lipinski definition) is 4. The highest BCUT2D eigenvalue weighted by Gasteiger charge is 2.31. The molecule has 0 saturated heterocycles. The Labute approximate surface area is 166 Å². The van der Waals surface area contributed by atoms with Gasteiger partial charge in [0.1, 0.15) is 5.75 Å². The molecular formula is C21H22F3NO4. The van der Waals surface area contributed by atoms with E-state index in [2.05, 4.69) is 10.1 Å². The molecular weight excluding hydrogens is 387 g/mol. The molecule has 2 rings (SSSR count). The molecule has 0 saturated carbocycles. The van der Waals surface area contributed by atoms with Gasteiger partial charge in [0, 0.05) is 5.69 Å². The van der Waals surface area contributed by atoms with Crippen LogP contribution in [0.25, 0.3) is 0 Å². The molecule has 0 unspecified atom stereocenters. The van der Waals surface area contributed by atoms with Gasteiger partial charge in [0.15, 0.2) is 6.10 Å². The summed E-state index contributed by atoms with van der Waals surface area (Å²) in [6.45, 7) is 7.28. The molecule has 0 radical (unpaired) electrons. The van der Waals surface area contributed by atoms with E-state index in [1.165, 1.54) is 6.92 Å². The van der Waals surface area contributed by atoms with E-state index in [0.29, 0.717) is 5.69 Å². The Morgan fingerprint density at radius 3 is 2.17 bits per heavy atom. The highest BCUT2D eigenvalue weighted by atomic mass is 19.4. The van der Waals surface area contributed by atoms with Crippen LogP contribution in [0.2, 0.25) is 0 Å². The molecule has 0 aliphatic heterocycles. The minimum absolute atomic E-state index is 0.00191. The van der Waals surface area contributed by atoms with E-state index in [9.17, 15) is 22.8 Å². The number of esters is 1. The third-order valence-electron chi connectivity index (χ3n) is 4.15. The molecule has 8 heteroatoms. The number of carbonyl (C=O) groups is 2. The molecule has 2 aromatic rings. The Morgan fingerprint density at radius 2 is 1.62 bits per heavy atom. The molecule has 0 aliphatic carbocycles. The van der Waals surface area contributed by atoms with Crippen molar-refractivity contribution < 1.29 is 32.2 Å². The second-order valence-corrected chi connectivity index (χ2v) is 6.80. The van der Waals surface area contributed by atoms with E-state index in [1.54, 1.807) is 0 Å². The van der Waals surface area contributed by atoms with Crippen molar-refractivity contribution in [1.29, 1.82) is 0 Å². The fourth-order valence-corrected chi connectivity index (χ4v) is 2.64. The van der Waals surface area contributed by atoms with Crippen LogP contribution in [-0.2, 0) is 9.53 Å². The van der Waals surface area contributed by atoms with E-state index in [-0.39, 0.29) is 11.5 Å². The molecule has 1 atom stereocenters. The first-order valence-electron chi connectivity index (χ1n) is 8.95. The smallest absolute Gasteiger partial charge is 0.449 e. The van der Waals surface area contributed by atoms with E-state index in [4.69, 9.17) is 4.74 Å². The van der Waals surface area contributed by atoms with Gasteiger partial charge in [0.2, 0.25) is 0 Å². The van der Waals surface area contributed by atoms with Crippen LogP contribution in [0.15, 0.2) is 42.5 Å². The monoisotopic (exact) mass is 409 g/mol. The Hall–Kier alpha value is -3.03. The summed E-state index contributed by atoms with van der Waals surface area (Å²) in [5.74, 6) is -1.62. The largest absolute Gasteiger partial charge is 0.573 e. The van der Waals surface area contributed by atoms with E-state index < -0.39 is 30.1 Å². The van der Waals surface area contributed by atoms with Gasteiger partial charge in [0.25, 0.3) is 5.91 Å². The number of rotatable bonds is 6. The van der Waals surface area contributed by atoms with Gasteiger partial charge < -0.3 is 14.8 Å². The van der Waals surface area contributed by atoms with Gasteiger partial charge in [0.05, 0.1) is 5.56 Å². The summed E-state index contributed by atoms with van der Waals surface area (Å²) >= 11 is 0. The van der Waals surface area contributed by atoms with Gasteiger partial charge in [-0.1, -0.05) is 32.0 Å². The molecule has 2 aromatic carbocycles. The molecule has 29 heavy (non-hydrogen) atoms. The quantitative estimate of drug-likeness (QED) is 0.666. The predicted octanol–water partition coefficient (Wildman–Crippen LogP) is 5.20. The third-order valence-corrected chi connectivity index (χ3v) is 4.15. The number of para-hydroxylation sites is 1. The van der Waals surface area contributed by atoms with Crippen LogP contribution >= 0.6 is 0 Å². The molecule has 0 bridgehead atoms. The van der Waals surface area contributed by atoms with Crippen LogP contribution in [0.1, 0.15) is 48.2 Å². The summed E-state index contributed by atoms with van der Waals surface area (Å²) in [7, 11) is 0. The number of hydrogen-bond donors (Lipinski definition) is 1. The normalized spacial score (nSPS) is 12.4. The molecule has 0 fully saturated rings. The predicted molar refractivity (Wildman–Crippen MR) is 102 cm³/mol. The highest BCUT2D eigenvalue weighted by Crippen LogP contribution is 2.28. The summed E-state index contributed by atoms with van der Waals surface area (Å²) in [5.41, 5.74) is 2.50. The Kier molecular flexibility index (Phi) is 6.89. The van der Waals surface area contributed by atoms with Gasteiger partial charge in [-0.2, -0.15) is 0 Å². The number of ether oxygens (including phenoxy) is 2. The molecule has 156 valence electrons. The summed E-state index contributed by atoms with van der Waals surface area (Å²) in [5, 5.41) is 2.79. The van der Waals surface area contributed by atoms with Gasteiger partial charge >= 0.3 is 12.3 Å². The molecule has 0 spiro atoms. The number of carbonyl (C=O) groups excluding carboxylic acids is 2. The molecule has 5 nitrogen and oxygen atoms in total. The number of alkyl halides is 3. The first kappa shape index (κ1) is 22.3. The first-order valence-corrected chi connectivity index (χ1v) is 8.95. The lowest BCUT2D eigenvalue weighted by Crippen LogP contribution is -2.30. The lowest BCUT2D eigenvalue weighted by atomic mass is 9.98. The van der Waals surface area contributed by atoms with Crippen LogP contribution in [0.4, 0.5) is 18.9 Å². The number of amides is 1. The standard InChI is InChI=1S/C21H22F3NO4/c1-12(2)17-7-5-6-13(3)18(17)25-19(26)14(4)28-20(27)15-8-10-16(11-9-15)29-21(22,23)24/h5-12,14H,1-4H3,(H,25,26)/t14-/m1/s1. The fraction of sp³-hybridized carbons (Fsp3) is 0.333. The maximum atomic E-state index is 12.5. The lowest BCUT2D eigenvalue weighted by molar-refractivity contribution is -0.274. The Bertz CT molecular complexity index is 876. The van der Waals surface area contributed by atoms with Crippen molar-refractivity contribution in [3.05, 3.63) is 59.2 Å². The number of nitrogens with one attached hydrogen (secondary N) is 1. The number of aryl methyl sites for hydroxylation is 1. The van der Waals surface area contributed by atoms with Crippen molar-refractivity contribution in [2.75, 3.05) is 5.32 Å². The summed E-state index contributed by atoms with van der Waals surface area (Å²) < 4.78 is 45.5. The minimum atomic E-state index is -4.82. The van der Waals surface area contributed by atoms with Crippen LogP contribution in [0.3, 0.4) is 0 Å². The van der Waals surface area contributed by atoms with Gasteiger partial charge in [-0.15, -0.1) is 13.2 Å². The Morgan fingerprint density at radius 1 is 1.00 bits per heavy atom. The van der Waals surface area contributed by atoms with Gasteiger partial charge in [-0.25, -0.2) is 4.79 Å². The summed E-state index contributed by atoms with van der Waals surface area (Å²) in [4.78, 5) is 24.7. The lowest BCUT2D eigenvalue weighted by Gasteiger charge is -2.19. The number of anilines is 1. The molecule has 0 heterocycles. The molecule has 0 aromatic heterocycles. The third kappa shape index (κ3) is 6.23. The van der Waals surface area contributed by atoms with Crippen molar-refractivity contribution >= 4 is 17.6 Å². The molecule has 1 amide bonds. The van der Waals surface area contributed by atoms with Crippen LogP contribution < -0.4 is 10.1 Å². The van der Waals surface area contributed by atoms with Crippen molar-refractivity contribution in [3.8, 4) is 5.75 Å². The second-order valence-electron chi connectivity index (χ2n) is 6.80. The topological polar surface area (TPSA) is 64.6 Å². The van der Waals surface area contributed by atoms with Gasteiger partial charge in [-0.05, 0) is 55.2 Å². The molecule has 1 N–H and O–H groups in total. The maximum absolute atomic E-state index is 12.5. The fourth-order valence-electron chi connectivity index (χ4n) is 2.64. The average Bonchev–Trinajstić information content (AvgIpc) is 2.62. The van der Waals surface area contributed by atoms with Crippen LogP contribution in [-0.4, -0.2) is 24.3 Å². The SMILES string of the molecule is Cc1cccc(C(C)C)c1NC(=O)[C@@H](C)OC(=O)c1ccc(OC(F)(F)F)cc1. The van der Waals surface area contributed by atoms with E-state index >= 15 is 0 Å². The van der Waals surface area contributed by atoms with Crippen molar-refractivity contribution in [2.24, 2.45) is 0 Å². The van der Waals surface area contributed by atoms with Crippen LogP contribution in [0, 0.1) is 6.92 Å². The zero-order valence-electron chi connectivity index (χ0n) is 16.5. The van der Waals surface area contributed by atoms with Crippen molar-refractivity contribution in [1.82, 2.24) is 0 Å². The number of benzene rings is 2. The molecule has 0 aliphatic rings. The highest BCUT2D eigenvalue weighted by molar-refractivity contribution is 5.98. The zero-order valence-corrected chi connectivity index (χ0v) is 16.5. The average molecular weight is 409 g/mol. The summed E-state index contributed by atoms with van der Waals surface area (Å²) in [6.07, 6.45) is -5.92. The Balaban J connectivity index is 2.04. The van der Waals surface area contributed by atoms with E-state index in [0.717, 1.165) is 35.4 Å². The van der Waals surface area contributed by atoms with Crippen molar-refractivity contribution in [3.63, 3.8) is 0 Å². The van der Waals surface area contributed by atoms with Crippen LogP contribution in [0.5, 0.6) is 5.75 Å². The summed E-state index contributed by atoms with van der Waals surface area (Å²) in [6, 6.07) is 9.93. The second kappa shape index (κ2) is 8.98. The van der Waals surface area contributed by atoms with Gasteiger partial charge in [-0.3, -0.25) is 4.79 Å². The van der Waals surface area contributed by atoms with Crippen molar-refractivity contribution in [2.45, 2.75) is 46.1 Å².